The Hall–Kier alpha value is -1.21. The van der Waals surface area contributed by atoms with Gasteiger partial charge in [0, 0.05) is 10.0 Å². The summed E-state index contributed by atoms with van der Waals surface area (Å²) in [6.45, 7) is 0.517. The van der Waals surface area contributed by atoms with Gasteiger partial charge < -0.3 is 14.2 Å². The van der Waals surface area contributed by atoms with Crippen LogP contribution in [0.4, 0.5) is 0 Å². The molecule has 1 saturated heterocycles. The fourth-order valence-electron chi connectivity index (χ4n) is 2.48. The lowest BCUT2D eigenvalue weighted by Gasteiger charge is -2.26. The molecule has 3 rings (SSSR count). The lowest BCUT2D eigenvalue weighted by Crippen LogP contribution is -2.31. The molecule has 0 aliphatic carbocycles. The third kappa shape index (κ3) is 3.88. The first-order valence-electron chi connectivity index (χ1n) is 7.49. The minimum absolute atomic E-state index is 0.152. The molecular formula is C18H16Br2O4. The van der Waals surface area contributed by atoms with Crippen molar-refractivity contribution < 1.29 is 19.0 Å². The second-order valence-electron chi connectivity index (χ2n) is 5.41. The Balaban J connectivity index is 1.62. The van der Waals surface area contributed by atoms with E-state index in [1.807, 2.05) is 30.3 Å². The van der Waals surface area contributed by atoms with Gasteiger partial charge in [0.25, 0.3) is 0 Å². The fraction of sp³-hybridized carbons (Fsp3) is 0.278. The summed E-state index contributed by atoms with van der Waals surface area (Å²) in [5.41, 5.74) is 1.44. The van der Waals surface area contributed by atoms with Crippen LogP contribution in [-0.2, 0) is 20.0 Å². The van der Waals surface area contributed by atoms with Crippen molar-refractivity contribution in [1.82, 2.24) is 0 Å². The van der Waals surface area contributed by atoms with Gasteiger partial charge in [-0.2, -0.15) is 0 Å². The normalized spacial score (nSPS) is 23.2. The van der Waals surface area contributed by atoms with Crippen LogP contribution in [0.1, 0.15) is 15.9 Å². The van der Waals surface area contributed by atoms with Crippen LogP contribution in [0.5, 0.6) is 0 Å². The van der Waals surface area contributed by atoms with Crippen molar-refractivity contribution in [3.63, 3.8) is 0 Å². The second kappa shape index (κ2) is 7.78. The molecule has 2 aromatic rings. The molecule has 126 valence electrons. The summed E-state index contributed by atoms with van der Waals surface area (Å²) in [5, 5.41) is 0.491. The predicted octanol–water partition coefficient (Wildman–Crippen LogP) is 4.27. The number of esters is 1. The molecule has 6 heteroatoms. The van der Waals surface area contributed by atoms with Crippen molar-refractivity contribution in [1.29, 1.82) is 0 Å². The molecule has 2 atom stereocenters. The van der Waals surface area contributed by atoms with Crippen LogP contribution in [0.3, 0.4) is 0 Å². The summed E-state index contributed by atoms with van der Waals surface area (Å²) in [6, 6.07) is 16.7. The molecule has 0 N–H and O–H groups in total. The first-order chi connectivity index (χ1) is 11.6. The van der Waals surface area contributed by atoms with Gasteiger partial charge in [0.15, 0.2) is 0 Å². The van der Waals surface area contributed by atoms with E-state index in [4.69, 9.17) is 14.2 Å². The Bertz CT molecular complexity index is 690. The van der Waals surface area contributed by atoms with Gasteiger partial charge in [-0.1, -0.05) is 62.2 Å². The van der Waals surface area contributed by atoms with Gasteiger partial charge in [0.05, 0.1) is 17.5 Å². The second-order valence-corrected chi connectivity index (χ2v) is 6.89. The maximum Gasteiger partial charge on any atom is 0.338 e. The zero-order valence-corrected chi connectivity index (χ0v) is 16.0. The van der Waals surface area contributed by atoms with Gasteiger partial charge in [-0.3, -0.25) is 0 Å². The van der Waals surface area contributed by atoms with Crippen LogP contribution in [-0.4, -0.2) is 30.6 Å². The molecule has 1 heterocycles. The molecule has 0 aromatic heterocycles. The number of alkyl halides is 1. The molecule has 1 aliphatic rings. The van der Waals surface area contributed by atoms with E-state index in [-0.39, 0.29) is 18.7 Å². The van der Waals surface area contributed by atoms with Gasteiger partial charge in [0.2, 0.25) is 5.79 Å². The highest BCUT2D eigenvalue weighted by atomic mass is 79.9. The number of hydrogen-bond donors (Lipinski definition) is 0. The van der Waals surface area contributed by atoms with Crippen molar-refractivity contribution in [3.05, 3.63) is 70.2 Å². The minimum atomic E-state index is -0.857. The number of hydrogen-bond acceptors (Lipinski definition) is 4. The number of carbonyl (C=O) groups excluding carboxylic acids is 1. The lowest BCUT2D eigenvalue weighted by molar-refractivity contribution is -0.160. The zero-order chi connectivity index (χ0) is 17.0. The molecule has 0 spiro atoms. The standard InChI is InChI=1S/C18H16Br2O4/c19-12-18(14-6-8-15(20)9-7-14)23-11-16(24-18)10-22-17(21)13-4-2-1-3-5-13/h1-9,16H,10-12H2. The van der Waals surface area contributed by atoms with E-state index < -0.39 is 5.79 Å². The van der Waals surface area contributed by atoms with E-state index in [9.17, 15) is 4.79 Å². The minimum Gasteiger partial charge on any atom is -0.459 e. The monoisotopic (exact) mass is 454 g/mol. The third-order valence-electron chi connectivity index (χ3n) is 3.73. The number of rotatable bonds is 5. The van der Waals surface area contributed by atoms with Gasteiger partial charge in [-0.25, -0.2) is 4.79 Å². The fourth-order valence-corrected chi connectivity index (χ4v) is 3.36. The maximum atomic E-state index is 12.0. The molecule has 1 fully saturated rings. The molecule has 0 saturated carbocycles. The van der Waals surface area contributed by atoms with Crippen molar-refractivity contribution in [2.75, 3.05) is 18.5 Å². The molecule has 0 bridgehead atoms. The van der Waals surface area contributed by atoms with Crippen LogP contribution in [0.25, 0.3) is 0 Å². The van der Waals surface area contributed by atoms with Crippen LogP contribution in [0.2, 0.25) is 0 Å². The zero-order valence-electron chi connectivity index (χ0n) is 12.8. The average Bonchev–Trinajstić information content (AvgIpc) is 3.06. The van der Waals surface area contributed by atoms with Crippen molar-refractivity contribution in [2.24, 2.45) is 0 Å². The largest absolute Gasteiger partial charge is 0.459 e. The van der Waals surface area contributed by atoms with E-state index in [1.54, 1.807) is 24.3 Å². The molecule has 24 heavy (non-hydrogen) atoms. The van der Waals surface area contributed by atoms with E-state index >= 15 is 0 Å². The van der Waals surface area contributed by atoms with E-state index in [2.05, 4.69) is 31.9 Å². The Labute approximate surface area is 157 Å². The quantitative estimate of drug-likeness (QED) is 0.498. The van der Waals surface area contributed by atoms with Crippen LogP contribution >= 0.6 is 31.9 Å². The molecule has 4 nitrogen and oxygen atoms in total. The number of ether oxygens (including phenoxy) is 3. The SMILES string of the molecule is O=C(OCC1COC(CBr)(c2ccc(Br)cc2)O1)c1ccccc1. The molecule has 2 aromatic carbocycles. The summed E-state index contributed by atoms with van der Waals surface area (Å²) in [6.07, 6.45) is -0.307. The topological polar surface area (TPSA) is 44.8 Å². The lowest BCUT2D eigenvalue weighted by atomic mass is 10.1. The van der Waals surface area contributed by atoms with E-state index in [0.29, 0.717) is 17.5 Å². The molecule has 2 unspecified atom stereocenters. The van der Waals surface area contributed by atoms with Crippen molar-refractivity contribution >= 4 is 37.8 Å². The summed E-state index contributed by atoms with van der Waals surface area (Å²) in [5.74, 6) is -1.22. The number of carbonyl (C=O) groups is 1. The summed E-state index contributed by atoms with van der Waals surface area (Å²) < 4.78 is 18.3. The summed E-state index contributed by atoms with van der Waals surface area (Å²) in [7, 11) is 0. The van der Waals surface area contributed by atoms with Gasteiger partial charge in [0.1, 0.15) is 12.7 Å². The van der Waals surface area contributed by atoms with Gasteiger partial charge in [-0.05, 0) is 24.3 Å². The van der Waals surface area contributed by atoms with Gasteiger partial charge in [-0.15, -0.1) is 0 Å². The molecule has 1 aliphatic heterocycles. The highest BCUT2D eigenvalue weighted by Crippen LogP contribution is 2.36. The van der Waals surface area contributed by atoms with Gasteiger partial charge >= 0.3 is 5.97 Å². The Morgan fingerprint density at radius 2 is 1.88 bits per heavy atom. The van der Waals surface area contributed by atoms with Crippen LogP contribution in [0, 0.1) is 0 Å². The smallest absolute Gasteiger partial charge is 0.338 e. The highest BCUT2D eigenvalue weighted by Gasteiger charge is 2.42. The molecular weight excluding hydrogens is 440 g/mol. The number of halogens is 2. The third-order valence-corrected chi connectivity index (χ3v) is 5.00. The molecule has 0 radical (unpaired) electrons. The number of benzene rings is 2. The Morgan fingerprint density at radius 3 is 2.54 bits per heavy atom. The van der Waals surface area contributed by atoms with Crippen LogP contribution < -0.4 is 0 Å². The van der Waals surface area contributed by atoms with Crippen molar-refractivity contribution in [3.8, 4) is 0 Å². The summed E-state index contributed by atoms with van der Waals surface area (Å²) >= 11 is 6.88. The van der Waals surface area contributed by atoms with E-state index in [0.717, 1.165) is 10.0 Å². The first kappa shape index (κ1) is 17.6. The predicted molar refractivity (Wildman–Crippen MR) is 97.2 cm³/mol. The van der Waals surface area contributed by atoms with Crippen LogP contribution in [0.15, 0.2) is 59.1 Å². The Morgan fingerprint density at radius 1 is 1.17 bits per heavy atom. The highest BCUT2D eigenvalue weighted by molar-refractivity contribution is 9.10. The van der Waals surface area contributed by atoms with E-state index in [1.165, 1.54) is 0 Å². The average molecular weight is 456 g/mol. The first-order valence-corrected chi connectivity index (χ1v) is 9.40. The Kier molecular flexibility index (Phi) is 5.71. The summed E-state index contributed by atoms with van der Waals surface area (Å²) in [4.78, 5) is 12.0. The van der Waals surface area contributed by atoms with Crippen molar-refractivity contribution in [2.45, 2.75) is 11.9 Å². The maximum absolute atomic E-state index is 12.0. The molecule has 0 amide bonds.